The van der Waals surface area contributed by atoms with E-state index in [9.17, 15) is 5.11 Å². The zero-order chi connectivity index (χ0) is 13.8. The molecule has 2 unspecified atom stereocenters. The maximum Gasteiger partial charge on any atom is 0.0652 e. The van der Waals surface area contributed by atoms with Gasteiger partial charge in [0.05, 0.1) is 12.1 Å². The van der Waals surface area contributed by atoms with Gasteiger partial charge in [0, 0.05) is 25.8 Å². The summed E-state index contributed by atoms with van der Waals surface area (Å²) < 4.78 is 0. The number of benzene rings is 1. The first-order valence-electron chi connectivity index (χ1n) is 6.59. The molecular formula is C15H26N2O. The Bertz CT molecular complexity index is 361. The van der Waals surface area contributed by atoms with Crippen LogP contribution in [0.2, 0.25) is 0 Å². The summed E-state index contributed by atoms with van der Waals surface area (Å²) in [6.45, 7) is 6.43. The van der Waals surface area contributed by atoms with E-state index in [0.717, 1.165) is 12.0 Å². The molecule has 3 nitrogen and oxygen atoms in total. The van der Waals surface area contributed by atoms with Crippen LogP contribution in [-0.4, -0.2) is 31.9 Å². The third-order valence-corrected chi connectivity index (χ3v) is 3.51. The summed E-state index contributed by atoms with van der Waals surface area (Å²) in [4.78, 5) is 2.07. The molecule has 0 aliphatic carbocycles. The number of anilines is 1. The summed E-state index contributed by atoms with van der Waals surface area (Å²) in [5, 5.41) is 13.2. The number of hydrogen-bond acceptors (Lipinski definition) is 3. The van der Waals surface area contributed by atoms with Crippen LogP contribution in [0.1, 0.15) is 32.8 Å². The summed E-state index contributed by atoms with van der Waals surface area (Å²) in [7, 11) is 4.05. The zero-order valence-electron chi connectivity index (χ0n) is 12.2. The maximum atomic E-state index is 9.69. The van der Waals surface area contributed by atoms with Crippen molar-refractivity contribution in [3.63, 3.8) is 0 Å². The topological polar surface area (TPSA) is 35.5 Å². The van der Waals surface area contributed by atoms with Crippen molar-refractivity contribution in [3.05, 3.63) is 29.8 Å². The fraction of sp³-hybridized carbons (Fsp3) is 0.600. The number of nitrogens with one attached hydrogen (secondary N) is 1. The Hall–Kier alpha value is -1.06. The average molecular weight is 250 g/mol. The predicted octanol–water partition coefficient (Wildman–Crippen LogP) is 2.35. The van der Waals surface area contributed by atoms with Crippen molar-refractivity contribution in [1.82, 2.24) is 5.32 Å². The number of rotatable bonds is 6. The molecule has 0 saturated heterocycles. The van der Waals surface area contributed by atoms with Gasteiger partial charge in [0.1, 0.15) is 0 Å². The highest BCUT2D eigenvalue weighted by atomic mass is 16.3. The van der Waals surface area contributed by atoms with Gasteiger partial charge in [-0.25, -0.2) is 0 Å². The molecule has 0 heterocycles. The van der Waals surface area contributed by atoms with Crippen LogP contribution in [0.15, 0.2) is 24.3 Å². The molecule has 102 valence electrons. The van der Waals surface area contributed by atoms with Crippen LogP contribution in [0.3, 0.4) is 0 Å². The minimum atomic E-state index is -0.375. The van der Waals surface area contributed by atoms with Gasteiger partial charge in [0.15, 0.2) is 0 Å². The minimum Gasteiger partial charge on any atom is -0.394 e. The first kappa shape index (κ1) is 15.0. The quantitative estimate of drug-likeness (QED) is 0.813. The molecular weight excluding hydrogens is 224 g/mol. The van der Waals surface area contributed by atoms with Gasteiger partial charge < -0.3 is 15.3 Å². The van der Waals surface area contributed by atoms with Crippen molar-refractivity contribution in [3.8, 4) is 0 Å². The lowest BCUT2D eigenvalue weighted by molar-refractivity contribution is 0.162. The molecule has 0 spiro atoms. The number of hydrogen-bond donors (Lipinski definition) is 2. The third-order valence-electron chi connectivity index (χ3n) is 3.51. The normalized spacial score (nSPS) is 16.1. The van der Waals surface area contributed by atoms with Gasteiger partial charge in [0.2, 0.25) is 0 Å². The van der Waals surface area contributed by atoms with E-state index in [0.29, 0.717) is 6.04 Å². The smallest absolute Gasteiger partial charge is 0.0652 e. The monoisotopic (exact) mass is 250 g/mol. The summed E-state index contributed by atoms with van der Waals surface area (Å²) in [5.74, 6) is 0. The van der Waals surface area contributed by atoms with Crippen molar-refractivity contribution in [2.75, 3.05) is 25.6 Å². The third kappa shape index (κ3) is 3.47. The molecule has 1 aromatic rings. The highest BCUT2D eigenvalue weighted by molar-refractivity contribution is 5.47. The number of aliphatic hydroxyl groups excluding tert-OH is 1. The summed E-state index contributed by atoms with van der Waals surface area (Å²) in [6, 6.07) is 8.72. The lowest BCUT2D eigenvalue weighted by atomic mass is 9.91. The van der Waals surface area contributed by atoms with Gasteiger partial charge in [-0.1, -0.05) is 19.1 Å². The van der Waals surface area contributed by atoms with Crippen molar-refractivity contribution < 1.29 is 5.11 Å². The van der Waals surface area contributed by atoms with Crippen LogP contribution in [0, 0.1) is 0 Å². The Labute approximate surface area is 111 Å². The van der Waals surface area contributed by atoms with Crippen molar-refractivity contribution in [2.45, 2.75) is 38.8 Å². The van der Waals surface area contributed by atoms with Gasteiger partial charge in [-0.2, -0.15) is 0 Å². The van der Waals surface area contributed by atoms with Crippen LogP contribution in [0.5, 0.6) is 0 Å². The molecule has 0 radical (unpaired) electrons. The van der Waals surface area contributed by atoms with Gasteiger partial charge in [-0.3, -0.25) is 0 Å². The molecule has 0 saturated carbocycles. The highest BCUT2D eigenvalue weighted by Gasteiger charge is 2.26. The summed E-state index contributed by atoms with van der Waals surface area (Å²) in [6.07, 6.45) is 1.05. The molecule has 0 fully saturated rings. The largest absolute Gasteiger partial charge is 0.394 e. The Kier molecular flexibility index (Phi) is 5.17. The molecule has 1 aromatic carbocycles. The average Bonchev–Trinajstić information content (AvgIpc) is 2.38. The summed E-state index contributed by atoms with van der Waals surface area (Å²) in [5.41, 5.74) is 1.92. The number of aliphatic hydroxyl groups is 1. The predicted molar refractivity (Wildman–Crippen MR) is 78.1 cm³/mol. The molecule has 0 aromatic heterocycles. The lowest BCUT2D eigenvalue weighted by Crippen LogP contribution is -2.47. The Morgan fingerprint density at radius 2 is 1.83 bits per heavy atom. The van der Waals surface area contributed by atoms with E-state index in [4.69, 9.17) is 0 Å². The van der Waals surface area contributed by atoms with Crippen LogP contribution < -0.4 is 10.2 Å². The molecule has 0 bridgehead atoms. The van der Waals surface area contributed by atoms with E-state index in [1.807, 2.05) is 21.0 Å². The van der Waals surface area contributed by atoms with E-state index in [1.54, 1.807) is 0 Å². The van der Waals surface area contributed by atoms with Crippen molar-refractivity contribution >= 4 is 5.69 Å². The molecule has 18 heavy (non-hydrogen) atoms. The fourth-order valence-corrected chi connectivity index (χ4v) is 1.99. The van der Waals surface area contributed by atoms with E-state index >= 15 is 0 Å². The van der Waals surface area contributed by atoms with Gasteiger partial charge in [-0.15, -0.1) is 0 Å². The molecule has 2 atom stereocenters. The SMILES string of the molecule is CCC(C)NC(C)(CO)c1ccc(N(C)C)cc1. The minimum absolute atomic E-state index is 0.0959. The van der Waals surface area contributed by atoms with E-state index < -0.39 is 0 Å². The molecule has 1 rings (SSSR count). The standard InChI is InChI=1S/C15H26N2O/c1-6-12(2)16-15(3,11-18)13-7-9-14(10-8-13)17(4)5/h7-10,12,16,18H,6,11H2,1-5H3. The number of nitrogens with zero attached hydrogens (tertiary/aromatic N) is 1. The van der Waals surface area contributed by atoms with Gasteiger partial charge in [-0.05, 0) is 38.0 Å². The van der Waals surface area contributed by atoms with Crippen molar-refractivity contribution in [1.29, 1.82) is 0 Å². The molecule has 3 heteroatoms. The molecule has 0 amide bonds. The second-order valence-electron chi connectivity index (χ2n) is 5.39. The lowest BCUT2D eigenvalue weighted by Gasteiger charge is -2.33. The Morgan fingerprint density at radius 1 is 1.28 bits per heavy atom. The summed E-state index contributed by atoms with van der Waals surface area (Å²) >= 11 is 0. The second-order valence-corrected chi connectivity index (χ2v) is 5.39. The van der Waals surface area contributed by atoms with E-state index in [-0.39, 0.29) is 12.1 Å². The Morgan fingerprint density at radius 3 is 2.22 bits per heavy atom. The molecule has 0 aliphatic rings. The van der Waals surface area contributed by atoms with Gasteiger partial charge >= 0.3 is 0 Å². The van der Waals surface area contributed by atoms with Gasteiger partial charge in [0.25, 0.3) is 0 Å². The highest BCUT2D eigenvalue weighted by Crippen LogP contribution is 2.23. The van der Waals surface area contributed by atoms with Crippen LogP contribution in [0.4, 0.5) is 5.69 Å². The first-order valence-corrected chi connectivity index (χ1v) is 6.59. The fourth-order valence-electron chi connectivity index (χ4n) is 1.99. The maximum absolute atomic E-state index is 9.69. The van der Waals surface area contributed by atoms with E-state index in [2.05, 4.69) is 48.3 Å². The van der Waals surface area contributed by atoms with Crippen molar-refractivity contribution in [2.24, 2.45) is 0 Å². The van der Waals surface area contributed by atoms with Crippen LogP contribution in [0.25, 0.3) is 0 Å². The Balaban J connectivity index is 2.93. The molecule has 0 aliphatic heterocycles. The molecule has 2 N–H and O–H groups in total. The van der Waals surface area contributed by atoms with Crippen LogP contribution >= 0.6 is 0 Å². The first-order chi connectivity index (χ1) is 8.42. The zero-order valence-corrected chi connectivity index (χ0v) is 12.2. The van der Waals surface area contributed by atoms with E-state index in [1.165, 1.54) is 5.69 Å². The second kappa shape index (κ2) is 6.21. The van der Waals surface area contributed by atoms with Crippen LogP contribution in [-0.2, 0) is 5.54 Å².